The molecule has 3 heterocycles. The minimum absolute atomic E-state index is 0.232. The summed E-state index contributed by atoms with van der Waals surface area (Å²) in [5.41, 5.74) is 1.31. The highest BCUT2D eigenvalue weighted by molar-refractivity contribution is 5.83. The third-order valence-corrected chi connectivity index (χ3v) is 2.36. The Labute approximate surface area is 101 Å². The molecule has 0 bridgehead atoms. The Kier molecular flexibility index (Phi) is 2.23. The summed E-state index contributed by atoms with van der Waals surface area (Å²) < 4.78 is 1.37. The quantitative estimate of drug-likeness (QED) is 0.716. The first kappa shape index (κ1) is 10.3. The molecular weight excluding hydrogens is 234 g/mol. The van der Waals surface area contributed by atoms with Crippen LogP contribution < -0.4 is 0 Å². The highest BCUT2D eigenvalue weighted by atomic mass is 16.4. The van der Waals surface area contributed by atoms with Gasteiger partial charge < -0.3 is 5.11 Å². The van der Waals surface area contributed by atoms with Crippen LogP contribution in [0.1, 0.15) is 10.6 Å². The van der Waals surface area contributed by atoms with Crippen molar-refractivity contribution in [2.45, 2.75) is 0 Å². The van der Waals surface area contributed by atoms with E-state index in [1.807, 2.05) is 6.07 Å². The lowest BCUT2D eigenvalue weighted by molar-refractivity contribution is 0.0684. The summed E-state index contributed by atoms with van der Waals surface area (Å²) >= 11 is 0. The normalized spacial score (nSPS) is 10.7. The lowest BCUT2D eigenvalue weighted by Crippen LogP contribution is -2.00. The number of aromatic nitrogens is 5. The largest absolute Gasteiger partial charge is 0.475 e. The Morgan fingerprint density at radius 3 is 2.78 bits per heavy atom. The van der Waals surface area contributed by atoms with Gasteiger partial charge in [-0.3, -0.25) is 4.98 Å². The molecule has 7 heteroatoms. The average molecular weight is 241 g/mol. The second-order valence-corrected chi connectivity index (χ2v) is 3.50. The first-order valence-electron chi connectivity index (χ1n) is 5.12. The van der Waals surface area contributed by atoms with Crippen LogP contribution in [0.5, 0.6) is 0 Å². The molecule has 3 aromatic rings. The van der Waals surface area contributed by atoms with Gasteiger partial charge in [-0.1, -0.05) is 6.07 Å². The first-order chi connectivity index (χ1) is 8.75. The fourth-order valence-corrected chi connectivity index (χ4v) is 1.59. The topological polar surface area (TPSA) is 93.3 Å². The molecule has 0 saturated heterocycles. The molecule has 0 unspecified atom stereocenters. The smallest absolute Gasteiger partial charge is 0.375 e. The monoisotopic (exact) mass is 241 g/mol. The van der Waals surface area contributed by atoms with Crippen LogP contribution in [0.25, 0.3) is 17.2 Å². The maximum atomic E-state index is 10.8. The Balaban J connectivity index is 2.27. The van der Waals surface area contributed by atoms with Gasteiger partial charge in [-0.25, -0.2) is 9.78 Å². The fourth-order valence-electron chi connectivity index (χ4n) is 1.59. The van der Waals surface area contributed by atoms with Gasteiger partial charge in [0.15, 0.2) is 0 Å². The van der Waals surface area contributed by atoms with E-state index >= 15 is 0 Å². The third kappa shape index (κ3) is 1.58. The Morgan fingerprint density at radius 1 is 1.17 bits per heavy atom. The molecule has 18 heavy (non-hydrogen) atoms. The maximum absolute atomic E-state index is 10.8. The van der Waals surface area contributed by atoms with Gasteiger partial charge >= 0.3 is 5.97 Å². The van der Waals surface area contributed by atoms with Crippen LogP contribution in [0.3, 0.4) is 0 Å². The number of carboxylic acids is 1. The number of rotatable bonds is 2. The van der Waals surface area contributed by atoms with Gasteiger partial charge in [0.05, 0.1) is 11.4 Å². The lowest BCUT2D eigenvalue weighted by atomic mass is 10.2. The van der Waals surface area contributed by atoms with Gasteiger partial charge in [0.1, 0.15) is 0 Å². The van der Waals surface area contributed by atoms with E-state index in [4.69, 9.17) is 5.11 Å². The van der Waals surface area contributed by atoms with E-state index in [-0.39, 0.29) is 11.6 Å². The molecular formula is C11H7N5O2. The van der Waals surface area contributed by atoms with Gasteiger partial charge in [0, 0.05) is 12.4 Å². The summed E-state index contributed by atoms with van der Waals surface area (Å²) in [6, 6.07) is 7.14. The molecule has 88 valence electrons. The molecule has 0 fully saturated rings. The van der Waals surface area contributed by atoms with Crippen molar-refractivity contribution in [3.05, 3.63) is 42.5 Å². The van der Waals surface area contributed by atoms with E-state index in [2.05, 4.69) is 20.1 Å². The minimum Gasteiger partial charge on any atom is -0.475 e. The van der Waals surface area contributed by atoms with Gasteiger partial charge in [0.2, 0.25) is 0 Å². The van der Waals surface area contributed by atoms with Crippen molar-refractivity contribution < 1.29 is 9.90 Å². The Hall–Kier alpha value is -2.83. The summed E-state index contributed by atoms with van der Waals surface area (Å²) in [6.45, 7) is 0. The van der Waals surface area contributed by atoms with Crippen molar-refractivity contribution >= 4 is 11.7 Å². The molecule has 0 radical (unpaired) electrons. The third-order valence-electron chi connectivity index (χ3n) is 2.36. The highest BCUT2D eigenvalue weighted by Crippen LogP contribution is 2.15. The summed E-state index contributed by atoms with van der Waals surface area (Å²) in [5, 5.41) is 12.8. The molecule has 0 amide bonds. The molecule has 0 aliphatic carbocycles. The molecule has 7 nitrogen and oxygen atoms in total. The number of hydrogen-bond donors (Lipinski definition) is 1. The molecule has 0 aromatic carbocycles. The van der Waals surface area contributed by atoms with Crippen LogP contribution in [-0.2, 0) is 0 Å². The van der Waals surface area contributed by atoms with Crippen molar-refractivity contribution in [2.75, 3.05) is 0 Å². The van der Waals surface area contributed by atoms with Crippen LogP contribution in [-0.4, -0.2) is 35.6 Å². The van der Waals surface area contributed by atoms with Crippen molar-refractivity contribution in [1.29, 1.82) is 0 Å². The fraction of sp³-hybridized carbons (Fsp3) is 0. The zero-order valence-electron chi connectivity index (χ0n) is 9.06. The van der Waals surface area contributed by atoms with Gasteiger partial charge in [-0.05, 0) is 18.2 Å². The van der Waals surface area contributed by atoms with Crippen molar-refractivity contribution in [1.82, 2.24) is 24.6 Å². The summed E-state index contributed by atoms with van der Waals surface area (Å²) in [7, 11) is 0. The standard InChI is InChI=1S/C11H7N5O2/c17-10(18)9-14-11-13-6-4-8(16(11)15-9)7-3-1-2-5-12-7/h1-6H,(H,17,18). The van der Waals surface area contributed by atoms with Crippen molar-refractivity contribution in [3.8, 4) is 11.4 Å². The SMILES string of the molecule is O=C(O)c1nc2nccc(-c3ccccn3)n2n1. The summed E-state index contributed by atoms with van der Waals surface area (Å²) in [4.78, 5) is 22.8. The van der Waals surface area contributed by atoms with E-state index in [0.717, 1.165) is 0 Å². The lowest BCUT2D eigenvalue weighted by Gasteiger charge is -2.01. The van der Waals surface area contributed by atoms with Gasteiger partial charge in [0.25, 0.3) is 11.6 Å². The van der Waals surface area contributed by atoms with Crippen molar-refractivity contribution in [3.63, 3.8) is 0 Å². The summed E-state index contributed by atoms with van der Waals surface area (Å²) in [6.07, 6.45) is 3.19. The molecule has 3 aromatic heterocycles. The Bertz CT molecular complexity index is 723. The summed E-state index contributed by atoms with van der Waals surface area (Å²) in [5.74, 6) is -1.24. The maximum Gasteiger partial charge on any atom is 0.375 e. The molecule has 0 aliphatic heterocycles. The van der Waals surface area contributed by atoms with Crippen LogP contribution in [0.2, 0.25) is 0 Å². The second-order valence-electron chi connectivity index (χ2n) is 3.50. The van der Waals surface area contributed by atoms with Gasteiger partial charge in [-0.2, -0.15) is 9.50 Å². The van der Waals surface area contributed by atoms with Crippen LogP contribution in [0.15, 0.2) is 36.7 Å². The average Bonchev–Trinajstić information content (AvgIpc) is 2.83. The van der Waals surface area contributed by atoms with Crippen LogP contribution >= 0.6 is 0 Å². The second kappa shape index (κ2) is 3.88. The first-order valence-corrected chi connectivity index (χ1v) is 5.12. The van der Waals surface area contributed by atoms with E-state index < -0.39 is 5.97 Å². The Morgan fingerprint density at radius 2 is 2.06 bits per heavy atom. The predicted molar refractivity (Wildman–Crippen MR) is 61.0 cm³/mol. The van der Waals surface area contributed by atoms with E-state index in [0.29, 0.717) is 11.4 Å². The number of carbonyl (C=O) groups is 1. The zero-order chi connectivity index (χ0) is 12.5. The molecule has 0 saturated carbocycles. The molecule has 0 spiro atoms. The number of fused-ring (bicyclic) bond motifs is 1. The van der Waals surface area contributed by atoms with Gasteiger partial charge in [-0.15, -0.1) is 5.10 Å². The number of hydrogen-bond acceptors (Lipinski definition) is 5. The molecule has 0 aliphatic rings. The van der Waals surface area contributed by atoms with E-state index in [1.165, 1.54) is 4.52 Å². The molecule has 0 atom stereocenters. The number of carboxylic acid groups (broad SMARTS) is 1. The van der Waals surface area contributed by atoms with Crippen molar-refractivity contribution in [2.24, 2.45) is 0 Å². The molecule has 3 rings (SSSR count). The number of aromatic carboxylic acids is 1. The predicted octanol–water partition coefficient (Wildman–Crippen LogP) is 0.884. The highest BCUT2D eigenvalue weighted by Gasteiger charge is 2.14. The van der Waals surface area contributed by atoms with Crippen LogP contribution in [0.4, 0.5) is 0 Å². The number of pyridine rings is 1. The minimum atomic E-state index is -1.19. The van der Waals surface area contributed by atoms with E-state index in [1.54, 1.807) is 30.6 Å². The van der Waals surface area contributed by atoms with Crippen LogP contribution in [0, 0.1) is 0 Å². The molecule has 1 N–H and O–H groups in total. The zero-order valence-corrected chi connectivity index (χ0v) is 9.06. The van der Waals surface area contributed by atoms with E-state index in [9.17, 15) is 4.79 Å². The number of nitrogens with zero attached hydrogens (tertiary/aromatic N) is 5.